The van der Waals surface area contributed by atoms with E-state index >= 15 is 0 Å². The fourth-order valence-corrected chi connectivity index (χ4v) is 1.24. The molecule has 0 saturated heterocycles. The van der Waals surface area contributed by atoms with E-state index in [-0.39, 0.29) is 5.56 Å². The summed E-state index contributed by atoms with van der Waals surface area (Å²) in [5.41, 5.74) is 0.560. The molecule has 1 N–H and O–H groups in total. The van der Waals surface area contributed by atoms with Gasteiger partial charge in [-0.25, -0.2) is 4.68 Å². The Bertz CT molecular complexity index is 335. The predicted molar refractivity (Wildman–Crippen MR) is 62.7 cm³/mol. The molecule has 5 heteroatoms. The zero-order chi connectivity index (χ0) is 11.1. The molecule has 1 aromatic heterocycles. The van der Waals surface area contributed by atoms with E-state index in [1.54, 1.807) is 20.3 Å². The summed E-state index contributed by atoms with van der Waals surface area (Å²) in [5.74, 6) is 0. The van der Waals surface area contributed by atoms with Crippen molar-refractivity contribution in [3.63, 3.8) is 0 Å². The largest absolute Gasteiger partial charge is 0.386 e. The first-order valence-electron chi connectivity index (χ1n) is 4.48. The second-order valence-corrected chi connectivity index (χ2v) is 3.55. The van der Waals surface area contributed by atoms with Crippen LogP contribution in [0.3, 0.4) is 0 Å². The SMILES string of the molecule is CCC.CNc1cnn(C)c(=O)c1Br. The third-order valence-corrected chi connectivity index (χ3v) is 2.11. The summed E-state index contributed by atoms with van der Waals surface area (Å²) in [6.45, 7) is 4.25. The second-order valence-electron chi connectivity index (χ2n) is 2.76. The molecule has 1 heterocycles. The van der Waals surface area contributed by atoms with Crippen molar-refractivity contribution in [1.82, 2.24) is 9.78 Å². The Balaban J connectivity index is 0.000000500. The van der Waals surface area contributed by atoms with Crippen LogP contribution in [0.1, 0.15) is 20.3 Å². The van der Waals surface area contributed by atoms with E-state index in [1.807, 2.05) is 0 Å². The summed E-state index contributed by atoms with van der Waals surface area (Å²) in [4.78, 5) is 11.2. The van der Waals surface area contributed by atoms with E-state index in [1.165, 1.54) is 11.1 Å². The molecule has 0 unspecified atom stereocenters. The lowest BCUT2D eigenvalue weighted by Gasteiger charge is -2.02. The maximum absolute atomic E-state index is 11.2. The number of anilines is 1. The van der Waals surface area contributed by atoms with Crippen molar-refractivity contribution in [2.24, 2.45) is 7.05 Å². The molecule has 0 atom stereocenters. The molecule has 0 radical (unpaired) electrons. The number of aryl methyl sites for hydroxylation is 1. The van der Waals surface area contributed by atoms with Gasteiger partial charge in [-0.15, -0.1) is 0 Å². The number of hydrogen-bond donors (Lipinski definition) is 1. The van der Waals surface area contributed by atoms with Crippen LogP contribution in [-0.2, 0) is 7.05 Å². The number of hydrogen-bond acceptors (Lipinski definition) is 3. The standard InChI is InChI=1S/C6H8BrN3O.C3H8/c1-8-4-3-9-10(2)6(11)5(4)7;1-3-2/h3,8H,1-2H3;3H2,1-2H3. The van der Waals surface area contributed by atoms with Gasteiger partial charge in [0.05, 0.1) is 11.9 Å². The van der Waals surface area contributed by atoms with Crippen LogP contribution in [0.25, 0.3) is 0 Å². The molecular formula is C9H16BrN3O. The van der Waals surface area contributed by atoms with Gasteiger partial charge in [-0.1, -0.05) is 20.3 Å². The average molecular weight is 262 g/mol. The maximum Gasteiger partial charge on any atom is 0.282 e. The Hall–Kier alpha value is -0.840. The quantitative estimate of drug-likeness (QED) is 0.842. The summed E-state index contributed by atoms with van der Waals surface area (Å²) in [6.07, 6.45) is 2.84. The molecule has 1 rings (SSSR count). The Kier molecular flexibility index (Phi) is 6.19. The zero-order valence-corrected chi connectivity index (χ0v) is 10.6. The lowest BCUT2D eigenvalue weighted by atomic mass is 10.5. The van der Waals surface area contributed by atoms with Crippen molar-refractivity contribution >= 4 is 21.6 Å². The van der Waals surface area contributed by atoms with Gasteiger partial charge in [0, 0.05) is 14.1 Å². The molecule has 0 amide bonds. The van der Waals surface area contributed by atoms with Crippen molar-refractivity contribution in [3.8, 4) is 0 Å². The van der Waals surface area contributed by atoms with Gasteiger partial charge in [0.2, 0.25) is 0 Å². The fourth-order valence-electron chi connectivity index (χ4n) is 0.685. The van der Waals surface area contributed by atoms with Crippen LogP contribution in [0, 0.1) is 0 Å². The minimum atomic E-state index is -0.142. The first-order valence-corrected chi connectivity index (χ1v) is 5.27. The Morgan fingerprint density at radius 1 is 1.57 bits per heavy atom. The van der Waals surface area contributed by atoms with Gasteiger partial charge >= 0.3 is 0 Å². The van der Waals surface area contributed by atoms with Crippen LogP contribution in [0.5, 0.6) is 0 Å². The highest BCUT2D eigenvalue weighted by Crippen LogP contribution is 2.13. The third kappa shape index (κ3) is 3.49. The van der Waals surface area contributed by atoms with E-state index in [9.17, 15) is 4.79 Å². The van der Waals surface area contributed by atoms with Crippen LogP contribution < -0.4 is 10.9 Å². The van der Waals surface area contributed by atoms with Crippen molar-refractivity contribution < 1.29 is 0 Å². The predicted octanol–water partition coefficient (Wildman–Crippen LogP) is 2.00. The molecule has 1 aromatic rings. The summed E-state index contributed by atoms with van der Waals surface area (Å²) in [6, 6.07) is 0. The smallest absolute Gasteiger partial charge is 0.282 e. The molecule has 0 aliphatic carbocycles. The third-order valence-electron chi connectivity index (χ3n) is 1.35. The maximum atomic E-state index is 11.2. The van der Waals surface area contributed by atoms with Crippen molar-refractivity contribution in [2.75, 3.05) is 12.4 Å². The zero-order valence-electron chi connectivity index (χ0n) is 8.97. The Morgan fingerprint density at radius 2 is 2.07 bits per heavy atom. The number of nitrogens with zero attached hydrogens (tertiary/aromatic N) is 2. The normalized spacial score (nSPS) is 8.93. The molecule has 0 aliphatic heterocycles. The van der Waals surface area contributed by atoms with Crippen LogP contribution in [0.15, 0.2) is 15.5 Å². The molecular weight excluding hydrogens is 246 g/mol. The lowest BCUT2D eigenvalue weighted by Crippen LogP contribution is -2.20. The summed E-state index contributed by atoms with van der Waals surface area (Å²) < 4.78 is 1.78. The summed E-state index contributed by atoms with van der Waals surface area (Å²) in [7, 11) is 3.34. The highest BCUT2D eigenvalue weighted by molar-refractivity contribution is 9.10. The van der Waals surface area contributed by atoms with Gasteiger partial charge in [0.1, 0.15) is 4.47 Å². The topological polar surface area (TPSA) is 46.9 Å². The van der Waals surface area contributed by atoms with Crippen molar-refractivity contribution in [1.29, 1.82) is 0 Å². The molecule has 0 aliphatic rings. The highest BCUT2D eigenvalue weighted by atomic mass is 79.9. The van der Waals surface area contributed by atoms with E-state index in [0.717, 1.165) is 0 Å². The molecule has 14 heavy (non-hydrogen) atoms. The Labute approximate surface area is 92.5 Å². The average Bonchev–Trinajstić information content (AvgIpc) is 2.16. The van der Waals surface area contributed by atoms with Crippen LogP contribution >= 0.6 is 15.9 Å². The van der Waals surface area contributed by atoms with Crippen LogP contribution in [-0.4, -0.2) is 16.8 Å². The van der Waals surface area contributed by atoms with E-state index in [2.05, 4.69) is 40.2 Å². The molecule has 0 aromatic carbocycles. The first kappa shape index (κ1) is 13.2. The van der Waals surface area contributed by atoms with Crippen molar-refractivity contribution in [2.45, 2.75) is 20.3 Å². The summed E-state index contributed by atoms with van der Waals surface area (Å²) in [5, 5.41) is 6.66. The van der Waals surface area contributed by atoms with Gasteiger partial charge in [-0.2, -0.15) is 5.10 Å². The van der Waals surface area contributed by atoms with E-state index in [4.69, 9.17) is 0 Å². The van der Waals surface area contributed by atoms with Gasteiger partial charge in [0.15, 0.2) is 0 Å². The molecule has 4 nitrogen and oxygen atoms in total. The van der Waals surface area contributed by atoms with Gasteiger partial charge < -0.3 is 5.32 Å². The van der Waals surface area contributed by atoms with E-state index in [0.29, 0.717) is 10.2 Å². The van der Waals surface area contributed by atoms with Gasteiger partial charge in [-0.3, -0.25) is 4.79 Å². The van der Waals surface area contributed by atoms with E-state index < -0.39 is 0 Å². The first-order chi connectivity index (χ1) is 6.58. The van der Waals surface area contributed by atoms with Gasteiger partial charge in [0.25, 0.3) is 5.56 Å². The monoisotopic (exact) mass is 261 g/mol. The Morgan fingerprint density at radius 3 is 2.50 bits per heavy atom. The fraction of sp³-hybridized carbons (Fsp3) is 0.556. The number of aromatic nitrogens is 2. The molecule has 80 valence electrons. The van der Waals surface area contributed by atoms with Crippen LogP contribution in [0.2, 0.25) is 0 Å². The lowest BCUT2D eigenvalue weighted by molar-refractivity contribution is 0.704. The van der Waals surface area contributed by atoms with Crippen molar-refractivity contribution in [3.05, 3.63) is 21.0 Å². The molecule has 0 fully saturated rings. The molecule has 0 saturated carbocycles. The van der Waals surface area contributed by atoms with Crippen LogP contribution in [0.4, 0.5) is 5.69 Å². The van der Waals surface area contributed by atoms with Gasteiger partial charge in [-0.05, 0) is 15.9 Å². The number of nitrogens with one attached hydrogen (secondary N) is 1. The second kappa shape index (κ2) is 6.59. The summed E-state index contributed by atoms with van der Waals surface area (Å²) >= 11 is 3.16. The highest BCUT2D eigenvalue weighted by Gasteiger charge is 2.03. The molecule has 0 spiro atoms. The minimum absolute atomic E-state index is 0.142. The number of halogens is 1. The minimum Gasteiger partial charge on any atom is -0.386 e. The molecule has 0 bridgehead atoms. The number of rotatable bonds is 1.